The normalized spacial score (nSPS) is 15.2. The SMILES string of the molecule is COC(=O)c1c(NC2CN(S(=O)(=O)CCO)C2)nc(C(C)(F)F)nc1Oc1ccccc1. The topological polar surface area (TPSA) is 131 Å². The van der Waals surface area contributed by atoms with E-state index in [1.807, 2.05) is 0 Å². The summed E-state index contributed by atoms with van der Waals surface area (Å²) in [5.41, 5.74) is -0.305. The molecule has 0 radical (unpaired) electrons. The number of nitrogens with one attached hydrogen (secondary N) is 1. The van der Waals surface area contributed by atoms with Gasteiger partial charge in [-0.3, -0.25) is 0 Å². The zero-order valence-corrected chi connectivity index (χ0v) is 18.1. The average molecular weight is 472 g/mol. The van der Waals surface area contributed by atoms with Crippen molar-refractivity contribution < 1.29 is 36.6 Å². The molecular weight excluding hydrogens is 450 g/mol. The Morgan fingerprint density at radius 1 is 1.28 bits per heavy atom. The third-order valence-electron chi connectivity index (χ3n) is 4.55. The van der Waals surface area contributed by atoms with Crippen LogP contribution in [0.2, 0.25) is 0 Å². The number of aliphatic hydroxyl groups excluding tert-OH is 1. The number of aliphatic hydroxyl groups is 1. The zero-order valence-electron chi connectivity index (χ0n) is 17.3. The lowest BCUT2D eigenvalue weighted by Gasteiger charge is -2.38. The molecule has 2 aromatic rings. The fourth-order valence-corrected chi connectivity index (χ4v) is 4.20. The summed E-state index contributed by atoms with van der Waals surface area (Å²) in [4.78, 5) is 20.0. The highest BCUT2D eigenvalue weighted by atomic mass is 32.2. The number of para-hydroxylation sites is 1. The van der Waals surface area contributed by atoms with Crippen LogP contribution in [0.3, 0.4) is 0 Å². The zero-order chi connectivity index (χ0) is 23.5. The number of sulfonamides is 1. The van der Waals surface area contributed by atoms with Crippen LogP contribution in [0.1, 0.15) is 23.1 Å². The van der Waals surface area contributed by atoms with Crippen molar-refractivity contribution in [1.82, 2.24) is 14.3 Å². The van der Waals surface area contributed by atoms with E-state index in [2.05, 4.69) is 15.3 Å². The minimum Gasteiger partial charge on any atom is -0.465 e. The Kier molecular flexibility index (Phi) is 6.91. The van der Waals surface area contributed by atoms with Gasteiger partial charge in [-0.1, -0.05) is 18.2 Å². The maximum absolute atomic E-state index is 14.1. The molecular formula is C19H22F2N4O6S. The van der Waals surface area contributed by atoms with Crippen molar-refractivity contribution in [3.63, 3.8) is 0 Å². The summed E-state index contributed by atoms with van der Waals surface area (Å²) >= 11 is 0. The monoisotopic (exact) mass is 472 g/mol. The van der Waals surface area contributed by atoms with Crippen LogP contribution >= 0.6 is 0 Å². The molecule has 1 aliphatic heterocycles. The van der Waals surface area contributed by atoms with Crippen LogP contribution in [-0.2, 0) is 20.7 Å². The molecule has 1 fully saturated rings. The summed E-state index contributed by atoms with van der Waals surface area (Å²) in [6.45, 7) is 0.0760. The molecule has 1 aromatic carbocycles. The molecule has 1 aliphatic rings. The molecule has 10 nitrogen and oxygen atoms in total. The predicted octanol–water partition coefficient (Wildman–Crippen LogP) is 1.59. The number of alkyl halides is 2. The molecule has 0 spiro atoms. The lowest BCUT2D eigenvalue weighted by Crippen LogP contribution is -2.57. The van der Waals surface area contributed by atoms with Crippen LogP contribution in [0.5, 0.6) is 11.6 Å². The highest BCUT2D eigenvalue weighted by Crippen LogP contribution is 2.34. The Hall–Kier alpha value is -2.90. The van der Waals surface area contributed by atoms with E-state index in [0.717, 1.165) is 11.4 Å². The van der Waals surface area contributed by atoms with E-state index in [1.54, 1.807) is 30.3 Å². The molecule has 32 heavy (non-hydrogen) atoms. The number of hydrogen-bond acceptors (Lipinski definition) is 9. The van der Waals surface area contributed by atoms with Gasteiger partial charge in [0.1, 0.15) is 11.6 Å². The average Bonchev–Trinajstić information content (AvgIpc) is 2.69. The van der Waals surface area contributed by atoms with Gasteiger partial charge < -0.3 is 19.9 Å². The Morgan fingerprint density at radius 2 is 1.94 bits per heavy atom. The molecule has 0 unspecified atom stereocenters. The van der Waals surface area contributed by atoms with Crippen LogP contribution in [0, 0.1) is 0 Å². The minimum atomic E-state index is -3.64. The van der Waals surface area contributed by atoms with E-state index in [0.29, 0.717) is 6.92 Å². The molecule has 0 aliphatic carbocycles. The van der Waals surface area contributed by atoms with Gasteiger partial charge in [-0.15, -0.1) is 0 Å². The smallest absolute Gasteiger partial charge is 0.347 e. The first-order chi connectivity index (χ1) is 15.0. The lowest BCUT2D eigenvalue weighted by atomic mass is 10.1. The van der Waals surface area contributed by atoms with Gasteiger partial charge in [-0.25, -0.2) is 18.2 Å². The van der Waals surface area contributed by atoms with Gasteiger partial charge in [0, 0.05) is 20.0 Å². The quantitative estimate of drug-likeness (QED) is 0.522. The molecule has 2 heterocycles. The van der Waals surface area contributed by atoms with Gasteiger partial charge in [-0.2, -0.15) is 18.1 Å². The molecule has 1 aromatic heterocycles. The third-order valence-corrected chi connectivity index (χ3v) is 6.33. The number of benzene rings is 1. The minimum absolute atomic E-state index is 0.000322. The fourth-order valence-electron chi connectivity index (χ4n) is 2.90. The Balaban J connectivity index is 1.96. The number of methoxy groups -OCH3 is 1. The lowest BCUT2D eigenvalue weighted by molar-refractivity contribution is 0.00711. The maximum atomic E-state index is 14.1. The van der Waals surface area contributed by atoms with Gasteiger partial charge in [0.05, 0.1) is 25.5 Å². The second-order valence-electron chi connectivity index (χ2n) is 7.07. The second-order valence-corrected chi connectivity index (χ2v) is 9.16. The number of hydrogen-bond donors (Lipinski definition) is 2. The van der Waals surface area contributed by atoms with E-state index in [4.69, 9.17) is 14.6 Å². The van der Waals surface area contributed by atoms with Crippen molar-refractivity contribution in [2.75, 3.05) is 37.9 Å². The number of halogens is 2. The molecule has 1 saturated heterocycles. The summed E-state index contributed by atoms with van der Waals surface area (Å²) in [6, 6.07) is 7.60. The molecule has 0 saturated carbocycles. The number of carbonyl (C=O) groups excluding carboxylic acids is 1. The molecule has 13 heteroatoms. The van der Waals surface area contributed by atoms with E-state index in [1.165, 1.54) is 0 Å². The van der Waals surface area contributed by atoms with Crippen LogP contribution in [0.25, 0.3) is 0 Å². The van der Waals surface area contributed by atoms with Crippen molar-refractivity contribution in [3.05, 3.63) is 41.7 Å². The summed E-state index contributed by atoms with van der Waals surface area (Å²) in [7, 11) is -2.53. The van der Waals surface area contributed by atoms with Crippen LogP contribution in [-0.4, -0.2) is 72.4 Å². The molecule has 0 atom stereocenters. The summed E-state index contributed by atoms with van der Waals surface area (Å²) in [5.74, 6) is -6.13. The van der Waals surface area contributed by atoms with Crippen LogP contribution < -0.4 is 10.1 Å². The van der Waals surface area contributed by atoms with E-state index >= 15 is 0 Å². The predicted molar refractivity (Wildman–Crippen MR) is 109 cm³/mol. The summed E-state index contributed by atoms with van der Waals surface area (Å²) in [6.07, 6.45) is 0. The second kappa shape index (κ2) is 9.30. The Morgan fingerprint density at radius 3 is 2.50 bits per heavy atom. The number of rotatable bonds is 9. The molecule has 3 rings (SSSR count). The fraction of sp³-hybridized carbons (Fsp3) is 0.421. The van der Waals surface area contributed by atoms with Crippen molar-refractivity contribution in [3.8, 4) is 11.6 Å². The van der Waals surface area contributed by atoms with Crippen LogP contribution in [0.4, 0.5) is 14.6 Å². The Labute approximate surface area is 183 Å². The highest BCUT2D eigenvalue weighted by molar-refractivity contribution is 7.89. The van der Waals surface area contributed by atoms with Gasteiger partial charge >= 0.3 is 11.9 Å². The summed E-state index contributed by atoms with van der Waals surface area (Å²) in [5, 5.41) is 11.7. The number of aromatic nitrogens is 2. The first-order valence-electron chi connectivity index (χ1n) is 9.52. The van der Waals surface area contributed by atoms with Gasteiger partial charge in [0.25, 0.3) is 0 Å². The molecule has 0 amide bonds. The largest absolute Gasteiger partial charge is 0.465 e. The van der Waals surface area contributed by atoms with Gasteiger partial charge in [0.2, 0.25) is 21.7 Å². The highest BCUT2D eigenvalue weighted by Gasteiger charge is 2.38. The number of carbonyl (C=O) groups is 1. The van der Waals surface area contributed by atoms with E-state index in [-0.39, 0.29) is 30.2 Å². The van der Waals surface area contributed by atoms with Crippen molar-refractivity contribution in [2.24, 2.45) is 0 Å². The maximum Gasteiger partial charge on any atom is 0.347 e. The van der Waals surface area contributed by atoms with Crippen LogP contribution in [0.15, 0.2) is 30.3 Å². The number of anilines is 1. The molecule has 0 bridgehead atoms. The van der Waals surface area contributed by atoms with E-state index < -0.39 is 52.0 Å². The van der Waals surface area contributed by atoms with Crippen molar-refractivity contribution >= 4 is 21.8 Å². The summed E-state index contributed by atoms with van der Waals surface area (Å²) < 4.78 is 63.6. The van der Waals surface area contributed by atoms with Crippen molar-refractivity contribution in [2.45, 2.75) is 18.9 Å². The number of ether oxygens (including phenoxy) is 2. The first kappa shape index (κ1) is 23.8. The molecule has 2 N–H and O–H groups in total. The Bertz CT molecular complexity index is 1070. The third kappa shape index (κ3) is 5.29. The van der Waals surface area contributed by atoms with Gasteiger partial charge in [-0.05, 0) is 12.1 Å². The molecule has 174 valence electrons. The number of nitrogens with zero attached hydrogens (tertiary/aromatic N) is 3. The number of esters is 1. The standard InChI is InChI=1S/C19H22F2N4O6S/c1-19(20,21)18-23-15(22-12-10-25(11-12)32(28,29)9-8-26)14(17(27)30-2)16(24-18)31-13-6-4-3-5-7-13/h3-7,12,26H,8-11H2,1-2H3,(H,22,23,24). The van der Waals surface area contributed by atoms with E-state index in [9.17, 15) is 22.0 Å². The first-order valence-corrected chi connectivity index (χ1v) is 11.1. The van der Waals surface area contributed by atoms with Gasteiger partial charge in [0.15, 0.2) is 5.56 Å². The van der Waals surface area contributed by atoms with Crippen molar-refractivity contribution in [1.29, 1.82) is 0 Å².